The molecule has 16 heavy (non-hydrogen) atoms. The Morgan fingerprint density at radius 1 is 1.31 bits per heavy atom. The molecule has 0 amide bonds. The number of halogens is 1. The topological polar surface area (TPSA) is 51.2 Å². The molecule has 3 nitrogen and oxygen atoms in total. The van der Waals surface area contributed by atoms with Crippen LogP contribution in [0.25, 0.3) is 0 Å². The lowest BCUT2D eigenvalue weighted by Gasteiger charge is -2.10. The van der Waals surface area contributed by atoms with Gasteiger partial charge in [-0.15, -0.1) is 0 Å². The summed E-state index contributed by atoms with van der Waals surface area (Å²) in [6.07, 6.45) is 0.924. The molecule has 1 fully saturated rings. The number of rotatable bonds is 2. The van der Waals surface area contributed by atoms with Gasteiger partial charge in [0.05, 0.1) is 10.1 Å². The highest BCUT2D eigenvalue weighted by Crippen LogP contribution is 2.28. The van der Waals surface area contributed by atoms with Gasteiger partial charge in [0.2, 0.25) is 0 Å². The van der Waals surface area contributed by atoms with Crippen molar-refractivity contribution < 1.29 is 13.2 Å². The minimum Gasteiger partial charge on any atom is -0.300 e. The van der Waals surface area contributed by atoms with Crippen LogP contribution < -0.4 is 0 Å². The minimum atomic E-state index is -3.40. The average Bonchev–Trinajstić information content (AvgIpc) is 2.65. The first kappa shape index (κ1) is 11.6. The van der Waals surface area contributed by atoms with Crippen LogP contribution in [0.5, 0.6) is 0 Å². The number of hydrogen-bond donors (Lipinski definition) is 0. The fraction of sp³-hybridized carbons (Fsp3) is 0.364. The van der Waals surface area contributed by atoms with Crippen LogP contribution in [0, 0.1) is 0 Å². The second-order valence-electron chi connectivity index (χ2n) is 3.91. The van der Waals surface area contributed by atoms with E-state index in [1.54, 1.807) is 12.1 Å². The Balaban J connectivity index is 2.36. The third-order valence-electron chi connectivity index (χ3n) is 2.76. The van der Waals surface area contributed by atoms with Gasteiger partial charge in [-0.1, -0.05) is 17.7 Å². The summed E-state index contributed by atoms with van der Waals surface area (Å²) in [5.41, 5.74) is 0. The molecular weight excluding hydrogens is 248 g/mol. The summed E-state index contributed by atoms with van der Waals surface area (Å²) < 4.78 is 24.2. The first-order valence-electron chi connectivity index (χ1n) is 5.01. The van der Waals surface area contributed by atoms with Crippen molar-refractivity contribution in [2.45, 2.75) is 29.4 Å². The molecule has 0 heterocycles. The van der Waals surface area contributed by atoms with Crippen LogP contribution in [0.4, 0.5) is 0 Å². The maximum atomic E-state index is 12.1. The molecule has 0 radical (unpaired) electrons. The zero-order valence-corrected chi connectivity index (χ0v) is 10.1. The van der Waals surface area contributed by atoms with Crippen LogP contribution in [0.2, 0.25) is 5.02 Å². The second-order valence-corrected chi connectivity index (χ2v) is 6.57. The molecule has 1 aromatic rings. The fourth-order valence-corrected chi connectivity index (χ4v) is 3.91. The molecule has 0 aliphatic heterocycles. The van der Waals surface area contributed by atoms with E-state index in [0.717, 1.165) is 0 Å². The quantitative estimate of drug-likeness (QED) is 0.817. The summed E-state index contributed by atoms with van der Waals surface area (Å²) in [7, 11) is -3.40. The molecule has 0 saturated heterocycles. The Morgan fingerprint density at radius 2 is 2.06 bits per heavy atom. The zero-order chi connectivity index (χ0) is 11.8. The molecule has 0 bridgehead atoms. The van der Waals surface area contributed by atoms with Gasteiger partial charge in [-0.05, 0) is 24.6 Å². The number of carbonyl (C=O) groups is 1. The van der Waals surface area contributed by atoms with Crippen LogP contribution >= 0.6 is 11.6 Å². The predicted octanol–water partition coefficient (Wildman–Crippen LogP) is 2.24. The van der Waals surface area contributed by atoms with Crippen LogP contribution in [-0.2, 0) is 14.6 Å². The zero-order valence-electron chi connectivity index (χ0n) is 8.52. The van der Waals surface area contributed by atoms with E-state index < -0.39 is 15.1 Å². The number of carbonyl (C=O) groups excluding carboxylic acids is 1. The van der Waals surface area contributed by atoms with E-state index in [1.165, 1.54) is 12.1 Å². The number of hydrogen-bond acceptors (Lipinski definition) is 3. The maximum absolute atomic E-state index is 12.1. The summed E-state index contributed by atoms with van der Waals surface area (Å²) in [5.74, 6) is 0.0237. The molecular formula is C11H11ClO3S. The molecule has 1 aliphatic carbocycles. The molecule has 86 valence electrons. The van der Waals surface area contributed by atoms with E-state index in [9.17, 15) is 13.2 Å². The molecule has 0 spiro atoms. The predicted molar refractivity (Wildman–Crippen MR) is 61.3 cm³/mol. The normalized spacial score (nSPS) is 21.3. The van der Waals surface area contributed by atoms with Crippen LogP contribution in [0.15, 0.2) is 29.2 Å². The van der Waals surface area contributed by atoms with E-state index in [4.69, 9.17) is 11.6 Å². The molecule has 2 rings (SSSR count). The van der Waals surface area contributed by atoms with E-state index in [-0.39, 0.29) is 17.1 Å². The Labute approximate surface area is 99.3 Å². The van der Waals surface area contributed by atoms with Crippen LogP contribution in [0.3, 0.4) is 0 Å². The van der Waals surface area contributed by atoms with Crippen molar-refractivity contribution in [1.82, 2.24) is 0 Å². The smallest absolute Gasteiger partial charge is 0.181 e. The summed E-state index contributed by atoms with van der Waals surface area (Å²) in [5, 5.41) is -0.177. The maximum Gasteiger partial charge on any atom is 0.181 e. The van der Waals surface area contributed by atoms with Gasteiger partial charge in [-0.2, -0.15) is 0 Å². The summed E-state index contributed by atoms with van der Waals surface area (Å²) in [4.78, 5) is 11.3. The van der Waals surface area contributed by atoms with Crippen LogP contribution in [0.1, 0.15) is 19.3 Å². The van der Waals surface area contributed by atoms with E-state index in [0.29, 0.717) is 17.9 Å². The van der Waals surface area contributed by atoms with E-state index in [2.05, 4.69) is 0 Å². The van der Waals surface area contributed by atoms with Crippen molar-refractivity contribution in [3.8, 4) is 0 Å². The van der Waals surface area contributed by atoms with Gasteiger partial charge >= 0.3 is 0 Å². The lowest BCUT2D eigenvalue weighted by Crippen LogP contribution is -2.18. The molecule has 0 N–H and O–H groups in total. The first-order valence-corrected chi connectivity index (χ1v) is 6.94. The summed E-state index contributed by atoms with van der Waals surface area (Å²) >= 11 is 5.75. The number of benzene rings is 1. The largest absolute Gasteiger partial charge is 0.300 e. The molecule has 1 saturated carbocycles. The highest BCUT2D eigenvalue weighted by atomic mass is 35.5. The summed E-state index contributed by atoms with van der Waals surface area (Å²) in [6.45, 7) is 0. The molecule has 1 aromatic carbocycles. The Kier molecular flexibility index (Phi) is 3.04. The molecule has 1 aliphatic rings. The minimum absolute atomic E-state index is 0.0237. The first-order chi connectivity index (χ1) is 7.50. The number of sulfone groups is 1. The van der Waals surface area contributed by atoms with Gasteiger partial charge in [0.15, 0.2) is 9.84 Å². The number of Topliss-reactive ketones (excluding diaryl/α,β-unsaturated/α-hetero) is 1. The molecule has 1 atom stereocenters. The van der Waals surface area contributed by atoms with Crippen molar-refractivity contribution in [3.63, 3.8) is 0 Å². The monoisotopic (exact) mass is 258 g/mol. The third kappa shape index (κ3) is 2.13. The third-order valence-corrected chi connectivity index (χ3v) is 5.19. The lowest BCUT2D eigenvalue weighted by molar-refractivity contribution is -0.117. The second kappa shape index (κ2) is 4.18. The molecule has 1 unspecified atom stereocenters. The fourth-order valence-electron chi connectivity index (χ4n) is 1.88. The van der Waals surface area contributed by atoms with Gasteiger partial charge in [-0.3, -0.25) is 4.79 Å². The van der Waals surface area contributed by atoms with Gasteiger partial charge in [-0.25, -0.2) is 8.42 Å². The highest BCUT2D eigenvalue weighted by Gasteiger charge is 2.34. The van der Waals surface area contributed by atoms with Crippen molar-refractivity contribution in [2.75, 3.05) is 0 Å². The van der Waals surface area contributed by atoms with Crippen molar-refractivity contribution in [3.05, 3.63) is 29.3 Å². The average molecular weight is 259 g/mol. The molecule has 5 heteroatoms. The Bertz CT molecular complexity index is 522. The Morgan fingerprint density at radius 3 is 2.62 bits per heavy atom. The van der Waals surface area contributed by atoms with Gasteiger partial charge in [0, 0.05) is 17.9 Å². The SMILES string of the molecule is O=C1CCC(S(=O)(=O)c2cccc(Cl)c2)C1. The van der Waals surface area contributed by atoms with E-state index in [1.807, 2.05) is 0 Å². The highest BCUT2D eigenvalue weighted by molar-refractivity contribution is 7.92. The van der Waals surface area contributed by atoms with Gasteiger partial charge in [0.25, 0.3) is 0 Å². The lowest BCUT2D eigenvalue weighted by atomic mass is 10.4. The Hall–Kier alpha value is -0.870. The van der Waals surface area contributed by atoms with Crippen molar-refractivity contribution in [1.29, 1.82) is 0 Å². The summed E-state index contributed by atoms with van der Waals surface area (Å²) in [6, 6.07) is 6.18. The standard InChI is InChI=1S/C11H11ClO3S/c12-8-2-1-3-10(6-8)16(14,15)11-5-4-9(13)7-11/h1-3,6,11H,4-5,7H2. The van der Waals surface area contributed by atoms with Gasteiger partial charge in [0.1, 0.15) is 5.78 Å². The van der Waals surface area contributed by atoms with Crippen molar-refractivity contribution in [2.24, 2.45) is 0 Å². The van der Waals surface area contributed by atoms with Crippen molar-refractivity contribution >= 4 is 27.2 Å². The van der Waals surface area contributed by atoms with Crippen LogP contribution in [-0.4, -0.2) is 19.5 Å². The number of ketones is 1. The van der Waals surface area contributed by atoms with Gasteiger partial charge < -0.3 is 0 Å². The molecule has 0 aromatic heterocycles. The van der Waals surface area contributed by atoms with E-state index >= 15 is 0 Å².